The first kappa shape index (κ1) is 14.9. The summed E-state index contributed by atoms with van der Waals surface area (Å²) in [5.41, 5.74) is 2.06. The van der Waals surface area contributed by atoms with Gasteiger partial charge in [-0.05, 0) is 36.6 Å². The Bertz CT molecular complexity index is 582. The highest BCUT2D eigenvalue weighted by atomic mass is 16.5. The molecule has 0 fully saturated rings. The minimum absolute atomic E-state index is 0.624. The average Bonchev–Trinajstić information content (AvgIpc) is 2.53. The van der Waals surface area contributed by atoms with E-state index in [1.807, 2.05) is 30.3 Å². The fourth-order valence-corrected chi connectivity index (χ4v) is 2.05. The maximum absolute atomic E-state index is 8.53. The van der Waals surface area contributed by atoms with E-state index in [2.05, 4.69) is 17.3 Å². The SMILES string of the molecule is COc1cc(/C=N/O)ccc1OCCCc1ccccc1. The van der Waals surface area contributed by atoms with E-state index in [0.717, 1.165) is 18.4 Å². The van der Waals surface area contributed by atoms with Gasteiger partial charge in [-0.25, -0.2) is 0 Å². The molecule has 0 aromatic heterocycles. The summed E-state index contributed by atoms with van der Waals surface area (Å²) < 4.78 is 11.0. The second-order valence-electron chi connectivity index (χ2n) is 4.59. The van der Waals surface area contributed by atoms with Crippen LogP contribution in [0.3, 0.4) is 0 Å². The van der Waals surface area contributed by atoms with E-state index >= 15 is 0 Å². The Morgan fingerprint density at radius 1 is 1.10 bits per heavy atom. The zero-order chi connectivity index (χ0) is 14.9. The molecule has 0 unspecified atom stereocenters. The Morgan fingerprint density at radius 3 is 2.62 bits per heavy atom. The van der Waals surface area contributed by atoms with Crippen molar-refractivity contribution in [1.82, 2.24) is 0 Å². The van der Waals surface area contributed by atoms with Crippen LogP contribution in [0.15, 0.2) is 53.7 Å². The van der Waals surface area contributed by atoms with Gasteiger partial charge in [0.1, 0.15) is 0 Å². The van der Waals surface area contributed by atoms with Crippen molar-refractivity contribution in [1.29, 1.82) is 0 Å². The van der Waals surface area contributed by atoms with Crippen LogP contribution in [-0.4, -0.2) is 25.1 Å². The molecule has 0 spiro atoms. The normalized spacial score (nSPS) is 10.7. The zero-order valence-corrected chi connectivity index (χ0v) is 12.0. The first-order valence-electron chi connectivity index (χ1n) is 6.85. The molecule has 0 aliphatic heterocycles. The van der Waals surface area contributed by atoms with Gasteiger partial charge in [0, 0.05) is 5.56 Å². The highest BCUT2D eigenvalue weighted by Crippen LogP contribution is 2.27. The predicted octanol–water partition coefficient (Wildman–Crippen LogP) is 3.51. The van der Waals surface area contributed by atoms with Crippen molar-refractivity contribution in [2.24, 2.45) is 5.16 Å². The molecule has 4 nitrogen and oxygen atoms in total. The minimum Gasteiger partial charge on any atom is -0.493 e. The smallest absolute Gasteiger partial charge is 0.161 e. The van der Waals surface area contributed by atoms with Gasteiger partial charge >= 0.3 is 0 Å². The topological polar surface area (TPSA) is 51.0 Å². The summed E-state index contributed by atoms with van der Waals surface area (Å²) in [5, 5.41) is 11.5. The van der Waals surface area contributed by atoms with E-state index < -0.39 is 0 Å². The summed E-state index contributed by atoms with van der Waals surface area (Å²) in [6, 6.07) is 15.7. The van der Waals surface area contributed by atoms with Crippen LogP contribution >= 0.6 is 0 Å². The number of nitrogens with zero attached hydrogens (tertiary/aromatic N) is 1. The van der Waals surface area contributed by atoms with Gasteiger partial charge < -0.3 is 14.7 Å². The van der Waals surface area contributed by atoms with Gasteiger partial charge in [0.2, 0.25) is 0 Å². The highest BCUT2D eigenvalue weighted by molar-refractivity contribution is 5.80. The van der Waals surface area contributed by atoms with Crippen molar-refractivity contribution < 1.29 is 14.7 Å². The molecule has 0 bridgehead atoms. The lowest BCUT2D eigenvalue weighted by atomic mass is 10.1. The summed E-state index contributed by atoms with van der Waals surface area (Å²) in [7, 11) is 1.59. The van der Waals surface area contributed by atoms with Crippen LogP contribution in [0.25, 0.3) is 0 Å². The molecule has 0 amide bonds. The Hall–Kier alpha value is -2.49. The van der Waals surface area contributed by atoms with Gasteiger partial charge in [-0.3, -0.25) is 0 Å². The molecule has 2 aromatic carbocycles. The molecule has 110 valence electrons. The number of methoxy groups -OCH3 is 1. The number of oxime groups is 1. The molecule has 0 saturated carbocycles. The van der Waals surface area contributed by atoms with Crippen molar-refractivity contribution in [2.75, 3.05) is 13.7 Å². The number of benzene rings is 2. The molecule has 2 aromatic rings. The molecule has 1 N–H and O–H groups in total. The standard InChI is InChI=1S/C17H19NO3/c1-20-17-12-15(13-18-19)9-10-16(17)21-11-5-8-14-6-3-2-4-7-14/h2-4,6-7,9-10,12-13,19H,5,8,11H2,1H3/b18-13+. The zero-order valence-electron chi connectivity index (χ0n) is 12.0. The first-order valence-corrected chi connectivity index (χ1v) is 6.85. The number of hydrogen-bond donors (Lipinski definition) is 1. The third-order valence-corrected chi connectivity index (χ3v) is 3.10. The van der Waals surface area contributed by atoms with Crippen LogP contribution < -0.4 is 9.47 Å². The van der Waals surface area contributed by atoms with Gasteiger partial charge in [0.15, 0.2) is 11.5 Å². The van der Waals surface area contributed by atoms with Gasteiger partial charge in [-0.2, -0.15) is 0 Å². The Morgan fingerprint density at radius 2 is 1.90 bits per heavy atom. The Labute approximate surface area is 124 Å². The molecule has 2 rings (SSSR count). The summed E-state index contributed by atoms with van der Waals surface area (Å²) in [6.45, 7) is 0.624. The second-order valence-corrected chi connectivity index (χ2v) is 4.59. The van der Waals surface area contributed by atoms with Gasteiger partial charge in [-0.1, -0.05) is 35.5 Å². The lowest BCUT2D eigenvalue weighted by molar-refractivity contribution is 0.289. The fraction of sp³-hybridized carbons (Fsp3) is 0.235. The average molecular weight is 285 g/mol. The molecule has 0 saturated heterocycles. The third-order valence-electron chi connectivity index (χ3n) is 3.10. The van der Waals surface area contributed by atoms with Crippen molar-refractivity contribution in [3.63, 3.8) is 0 Å². The van der Waals surface area contributed by atoms with E-state index in [1.54, 1.807) is 13.2 Å². The maximum Gasteiger partial charge on any atom is 0.161 e. The van der Waals surface area contributed by atoms with Crippen LogP contribution in [0.2, 0.25) is 0 Å². The van der Waals surface area contributed by atoms with Crippen molar-refractivity contribution in [2.45, 2.75) is 12.8 Å². The largest absolute Gasteiger partial charge is 0.493 e. The lowest BCUT2D eigenvalue weighted by Gasteiger charge is -2.11. The van der Waals surface area contributed by atoms with Crippen molar-refractivity contribution in [3.8, 4) is 11.5 Å². The molecule has 0 atom stereocenters. The second kappa shape index (κ2) is 7.94. The van der Waals surface area contributed by atoms with Gasteiger partial charge in [-0.15, -0.1) is 0 Å². The van der Waals surface area contributed by atoms with Crippen LogP contribution in [0.4, 0.5) is 0 Å². The van der Waals surface area contributed by atoms with Gasteiger partial charge in [0.05, 0.1) is 19.9 Å². The summed E-state index contributed by atoms with van der Waals surface area (Å²) in [5.74, 6) is 1.33. The third kappa shape index (κ3) is 4.53. The van der Waals surface area contributed by atoms with Gasteiger partial charge in [0.25, 0.3) is 0 Å². The molecule has 0 aliphatic rings. The quantitative estimate of drug-likeness (QED) is 0.366. The molecule has 4 heteroatoms. The number of ether oxygens (including phenoxy) is 2. The number of hydrogen-bond acceptors (Lipinski definition) is 4. The van der Waals surface area contributed by atoms with E-state index in [1.165, 1.54) is 11.8 Å². The molecule has 21 heavy (non-hydrogen) atoms. The summed E-state index contributed by atoms with van der Waals surface area (Å²) >= 11 is 0. The summed E-state index contributed by atoms with van der Waals surface area (Å²) in [4.78, 5) is 0. The van der Waals surface area contributed by atoms with E-state index in [9.17, 15) is 0 Å². The van der Waals surface area contributed by atoms with Crippen LogP contribution in [0.1, 0.15) is 17.5 Å². The summed E-state index contributed by atoms with van der Waals surface area (Å²) in [6.07, 6.45) is 3.27. The fourth-order valence-electron chi connectivity index (χ4n) is 2.05. The highest BCUT2D eigenvalue weighted by Gasteiger charge is 2.05. The lowest BCUT2D eigenvalue weighted by Crippen LogP contribution is -2.01. The van der Waals surface area contributed by atoms with E-state index in [0.29, 0.717) is 18.1 Å². The first-order chi connectivity index (χ1) is 10.3. The molecule has 0 aliphatic carbocycles. The van der Waals surface area contributed by atoms with Crippen LogP contribution in [0, 0.1) is 0 Å². The predicted molar refractivity (Wildman–Crippen MR) is 82.6 cm³/mol. The Balaban J connectivity index is 1.88. The van der Waals surface area contributed by atoms with Crippen LogP contribution in [-0.2, 0) is 6.42 Å². The maximum atomic E-state index is 8.53. The molecule has 0 radical (unpaired) electrons. The Kier molecular flexibility index (Phi) is 5.64. The monoisotopic (exact) mass is 285 g/mol. The van der Waals surface area contributed by atoms with Crippen LogP contribution in [0.5, 0.6) is 11.5 Å². The van der Waals surface area contributed by atoms with Crippen molar-refractivity contribution in [3.05, 3.63) is 59.7 Å². The molecular formula is C17H19NO3. The van der Waals surface area contributed by atoms with E-state index in [-0.39, 0.29) is 0 Å². The minimum atomic E-state index is 0.624. The van der Waals surface area contributed by atoms with E-state index in [4.69, 9.17) is 14.7 Å². The molecule has 0 heterocycles. The number of aryl methyl sites for hydroxylation is 1. The van der Waals surface area contributed by atoms with Crippen molar-refractivity contribution >= 4 is 6.21 Å². The molecular weight excluding hydrogens is 266 g/mol. The number of rotatable bonds is 7.